The maximum atomic E-state index is 14.9. The Hall–Kier alpha value is -2.70. The van der Waals surface area contributed by atoms with Gasteiger partial charge in [0.05, 0.1) is 16.8 Å². The van der Waals surface area contributed by atoms with Crippen LogP contribution in [-0.4, -0.2) is 27.8 Å². The van der Waals surface area contributed by atoms with E-state index in [1.165, 1.54) is 18.9 Å². The summed E-state index contributed by atoms with van der Waals surface area (Å²) < 4.78 is 22.0. The predicted molar refractivity (Wildman–Crippen MR) is 107 cm³/mol. The van der Waals surface area contributed by atoms with Crippen molar-refractivity contribution in [1.29, 1.82) is 0 Å². The van der Waals surface area contributed by atoms with Crippen LogP contribution in [0.25, 0.3) is 22.3 Å². The molecule has 0 unspecified atom stereocenters. The van der Waals surface area contributed by atoms with Crippen LogP contribution in [0.5, 0.6) is 0 Å². The molecule has 1 fully saturated rings. The normalized spacial score (nSPS) is 15.2. The molecular weight excluding hydrogens is 359 g/mol. The van der Waals surface area contributed by atoms with Crippen LogP contribution in [0.1, 0.15) is 44.9 Å². The lowest BCUT2D eigenvalue weighted by atomic mass is 10.1. The summed E-state index contributed by atoms with van der Waals surface area (Å²) in [6.45, 7) is 3.71. The highest BCUT2D eigenvalue weighted by Gasteiger charge is 2.19. The molecule has 0 radical (unpaired) electrons. The van der Waals surface area contributed by atoms with Crippen LogP contribution in [0.3, 0.4) is 0 Å². The molecule has 2 aromatic heterocycles. The van der Waals surface area contributed by atoms with E-state index < -0.39 is 0 Å². The summed E-state index contributed by atoms with van der Waals surface area (Å²) in [6, 6.07) is 3.15. The average Bonchev–Trinajstić information content (AvgIpc) is 2.97. The molecule has 4 rings (SSSR count). The number of nitrogens with zero attached hydrogens (tertiary/aromatic N) is 4. The molecule has 3 heterocycles. The fraction of sp³-hybridized carbons (Fsp3) is 0.476. The van der Waals surface area contributed by atoms with E-state index in [1.54, 1.807) is 12.3 Å². The topological polar surface area (TPSA) is 64.2 Å². The third kappa shape index (κ3) is 3.41. The van der Waals surface area contributed by atoms with Crippen molar-refractivity contribution in [3.63, 3.8) is 0 Å². The number of hydrogen-bond acceptors (Lipinski definition) is 5. The van der Waals surface area contributed by atoms with Crippen LogP contribution in [-0.2, 0) is 13.5 Å². The quantitative estimate of drug-likeness (QED) is 0.679. The SMILES string of the molecule is CCCc1nc(-c2cn(C)c3cc(N4CCCCCC4)c(F)cc3c2=O)no1. The highest BCUT2D eigenvalue weighted by molar-refractivity contribution is 5.86. The van der Waals surface area contributed by atoms with Gasteiger partial charge in [0.2, 0.25) is 17.1 Å². The van der Waals surface area contributed by atoms with Crippen molar-refractivity contribution in [2.75, 3.05) is 18.0 Å². The zero-order chi connectivity index (χ0) is 19.7. The molecule has 1 aliphatic rings. The van der Waals surface area contributed by atoms with Gasteiger partial charge in [0.1, 0.15) is 5.82 Å². The van der Waals surface area contributed by atoms with Gasteiger partial charge >= 0.3 is 0 Å². The van der Waals surface area contributed by atoms with Crippen LogP contribution < -0.4 is 10.3 Å². The standard InChI is InChI=1S/C21H25FN4O2/c1-3-8-19-23-21(24-28-19)15-13-25(2)17-12-18(16(22)11-14(17)20(15)27)26-9-6-4-5-7-10-26/h11-13H,3-10H2,1-2H3. The number of halogens is 1. The van der Waals surface area contributed by atoms with Gasteiger partial charge in [-0.05, 0) is 31.4 Å². The molecule has 148 valence electrons. The van der Waals surface area contributed by atoms with Crippen molar-refractivity contribution in [2.24, 2.45) is 7.05 Å². The summed E-state index contributed by atoms with van der Waals surface area (Å²) in [7, 11) is 1.85. The van der Waals surface area contributed by atoms with Gasteiger partial charge in [0.25, 0.3) is 0 Å². The van der Waals surface area contributed by atoms with E-state index in [2.05, 4.69) is 15.0 Å². The molecular formula is C21H25FN4O2. The third-order valence-corrected chi connectivity index (χ3v) is 5.38. The highest BCUT2D eigenvalue weighted by atomic mass is 19.1. The van der Waals surface area contributed by atoms with Crippen LogP contribution in [0.4, 0.5) is 10.1 Å². The van der Waals surface area contributed by atoms with E-state index in [4.69, 9.17) is 4.52 Å². The Balaban J connectivity index is 1.81. The molecule has 0 aliphatic carbocycles. The molecule has 1 saturated heterocycles. The summed E-state index contributed by atoms with van der Waals surface area (Å²) in [5.41, 5.74) is 1.31. The summed E-state index contributed by atoms with van der Waals surface area (Å²) in [5, 5.41) is 4.27. The minimum Gasteiger partial charge on any atom is -0.369 e. The van der Waals surface area contributed by atoms with Crippen LogP contribution in [0.15, 0.2) is 27.6 Å². The molecule has 1 aromatic carbocycles. The second-order valence-corrected chi connectivity index (χ2v) is 7.47. The molecule has 0 amide bonds. The van der Waals surface area contributed by atoms with Gasteiger partial charge in [0, 0.05) is 38.1 Å². The fourth-order valence-corrected chi connectivity index (χ4v) is 3.88. The molecule has 0 bridgehead atoms. The lowest BCUT2D eigenvalue weighted by Gasteiger charge is -2.24. The molecule has 1 aliphatic heterocycles. The van der Waals surface area contributed by atoms with Crippen molar-refractivity contribution in [3.8, 4) is 11.4 Å². The Kier molecular flexibility index (Phi) is 5.15. The molecule has 7 heteroatoms. The second-order valence-electron chi connectivity index (χ2n) is 7.47. The number of aryl methyl sites for hydroxylation is 2. The first kappa shape index (κ1) is 18.7. The first-order chi connectivity index (χ1) is 13.6. The lowest BCUT2D eigenvalue weighted by molar-refractivity contribution is 0.378. The van der Waals surface area contributed by atoms with Crippen molar-refractivity contribution in [2.45, 2.75) is 45.4 Å². The maximum absolute atomic E-state index is 14.9. The number of aromatic nitrogens is 3. The molecule has 28 heavy (non-hydrogen) atoms. The predicted octanol–water partition coefficient (Wildman–Crippen LogP) is 4.06. The summed E-state index contributed by atoms with van der Waals surface area (Å²) in [6.07, 6.45) is 7.73. The van der Waals surface area contributed by atoms with E-state index in [1.807, 2.05) is 18.5 Å². The summed E-state index contributed by atoms with van der Waals surface area (Å²) in [4.78, 5) is 19.4. The monoisotopic (exact) mass is 384 g/mol. The summed E-state index contributed by atoms with van der Waals surface area (Å²) in [5.74, 6) is 0.397. The van der Waals surface area contributed by atoms with Gasteiger partial charge in [-0.25, -0.2) is 4.39 Å². The van der Waals surface area contributed by atoms with Gasteiger partial charge < -0.3 is 14.0 Å². The number of rotatable bonds is 4. The van der Waals surface area contributed by atoms with Gasteiger partial charge in [-0.1, -0.05) is 24.9 Å². The van der Waals surface area contributed by atoms with Crippen LogP contribution in [0, 0.1) is 5.82 Å². The Labute approximate surface area is 163 Å². The van der Waals surface area contributed by atoms with E-state index >= 15 is 0 Å². The van der Waals surface area contributed by atoms with E-state index in [0.29, 0.717) is 34.5 Å². The third-order valence-electron chi connectivity index (χ3n) is 5.38. The van der Waals surface area contributed by atoms with Gasteiger partial charge in [-0.15, -0.1) is 0 Å². The zero-order valence-electron chi connectivity index (χ0n) is 16.4. The van der Waals surface area contributed by atoms with Gasteiger partial charge in [-0.2, -0.15) is 4.98 Å². The fourth-order valence-electron chi connectivity index (χ4n) is 3.88. The average molecular weight is 384 g/mol. The van der Waals surface area contributed by atoms with Crippen molar-refractivity contribution in [3.05, 3.63) is 40.3 Å². The van der Waals surface area contributed by atoms with Crippen molar-refractivity contribution >= 4 is 16.6 Å². The van der Waals surface area contributed by atoms with Crippen molar-refractivity contribution < 1.29 is 8.91 Å². The largest absolute Gasteiger partial charge is 0.369 e. The Morgan fingerprint density at radius 2 is 1.93 bits per heavy atom. The minimum absolute atomic E-state index is 0.253. The van der Waals surface area contributed by atoms with Crippen LogP contribution >= 0.6 is 0 Å². The molecule has 0 spiro atoms. The Morgan fingerprint density at radius 3 is 2.64 bits per heavy atom. The minimum atomic E-state index is -0.358. The molecule has 0 N–H and O–H groups in total. The second kappa shape index (κ2) is 7.73. The summed E-state index contributed by atoms with van der Waals surface area (Å²) >= 11 is 0. The first-order valence-corrected chi connectivity index (χ1v) is 9.99. The molecule has 6 nitrogen and oxygen atoms in total. The van der Waals surface area contributed by atoms with E-state index in [0.717, 1.165) is 32.4 Å². The number of fused-ring (bicyclic) bond motifs is 1. The lowest BCUT2D eigenvalue weighted by Crippen LogP contribution is -2.25. The first-order valence-electron chi connectivity index (χ1n) is 9.99. The van der Waals surface area contributed by atoms with Crippen LogP contribution in [0.2, 0.25) is 0 Å². The number of hydrogen-bond donors (Lipinski definition) is 0. The van der Waals surface area contributed by atoms with E-state index in [-0.39, 0.29) is 17.1 Å². The zero-order valence-corrected chi connectivity index (χ0v) is 16.4. The number of anilines is 1. The molecule has 3 aromatic rings. The van der Waals surface area contributed by atoms with Crippen molar-refractivity contribution in [1.82, 2.24) is 14.7 Å². The molecule has 0 atom stereocenters. The Bertz CT molecular complexity index is 1050. The highest BCUT2D eigenvalue weighted by Crippen LogP contribution is 2.28. The van der Waals surface area contributed by atoms with E-state index in [9.17, 15) is 9.18 Å². The van der Waals surface area contributed by atoms with Gasteiger partial charge in [-0.3, -0.25) is 4.79 Å². The van der Waals surface area contributed by atoms with Gasteiger partial charge in [0.15, 0.2) is 0 Å². The molecule has 0 saturated carbocycles. The maximum Gasteiger partial charge on any atom is 0.226 e. The Morgan fingerprint density at radius 1 is 1.18 bits per heavy atom. The smallest absolute Gasteiger partial charge is 0.226 e. The number of pyridine rings is 1. The number of benzene rings is 1.